The lowest BCUT2D eigenvalue weighted by atomic mass is 10.1. The minimum Gasteiger partial charge on any atom is -0.345 e. The monoisotopic (exact) mass is 583 g/mol. The predicted molar refractivity (Wildman–Crippen MR) is 182 cm³/mol. The quantitative estimate of drug-likeness (QED) is 0.229. The number of nitrogens with zero attached hydrogens (tertiary/aromatic N) is 6. The van der Waals surface area contributed by atoms with Crippen LogP contribution in [0.3, 0.4) is 0 Å². The molecule has 0 amide bonds. The lowest BCUT2D eigenvalue weighted by Gasteiger charge is -2.39. The second-order valence-corrected chi connectivity index (χ2v) is 10.8. The third-order valence-corrected chi connectivity index (χ3v) is 7.82. The molecule has 3 aliphatic heterocycles. The van der Waals surface area contributed by atoms with Crippen molar-refractivity contribution in [1.82, 2.24) is 20.0 Å². The zero-order chi connectivity index (χ0) is 30.0. The molecule has 5 heterocycles. The van der Waals surface area contributed by atoms with E-state index in [1.807, 2.05) is 96.3 Å². The maximum atomic E-state index is 5.23. The van der Waals surface area contributed by atoms with Crippen molar-refractivity contribution in [2.75, 3.05) is 10.2 Å². The Morgan fingerprint density at radius 2 is 1.22 bits per heavy atom. The second kappa shape index (κ2) is 11.5. The summed E-state index contributed by atoms with van der Waals surface area (Å²) in [7, 11) is 0. The molecule has 7 heteroatoms. The maximum Gasteiger partial charge on any atom is 0.157 e. The topological polar surface area (TPSA) is 59.9 Å². The van der Waals surface area contributed by atoms with Gasteiger partial charge in [0.2, 0.25) is 0 Å². The van der Waals surface area contributed by atoms with Crippen LogP contribution < -0.4 is 10.2 Å². The molecule has 216 valence electrons. The minimum absolute atomic E-state index is 0.232. The van der Waals surface area contributed by atoms with Crippen molar-refractivity contribution in [2.24, 2.45) is 4.99 Å². The minimum atomic E-state index is -0.232. The van der Waals surface area contributed by atoms with Crippen LogP contribution in [0.5, 0.6) is 0 Å². The molecular formula is C38H29N7. The highest BCUT2D eigenvalue weighted by Crippen LogP contribution is 2.39. The van der Waals surface area contributed by atoms with Gasteiger partial charge in [-0.1, -0.05) is 91.0 Å². The van der Waals surface area contributed by atoms with Gasteiger partial charge in [0.1, 0.15) is 23.6 Å². The summed E-state index contributed by atoms with van der Waals surface area (Å²) in [6, 6.07) is 39.4. The summed E-state index contributed by atoms with van der Waals surface area (Å²) in [6.45, 7) is 0. The van der Waals surface area contributed by atoms with Crippen LogP contribution in [0.1, 0.15) is 0 Å². The van der Waals surface area contributed by atoms with E-state index in [4.69, 9.17) is 15.0 Å². The van der Waals surface area contributed by atoms with Crippen LogP contribution in [0, 0.1) is 0 Å². The first kappa shape index (κ1) is 26.4. The van der Waals surface area contributed by atoms with Crippen molar-refractivity contribution < 1.29 is 0 Å². The SMILES string of the molecule is C1=C/C2=N/c3cc(-c4ccccc4)cc(n3)N(c3ccccc3)c3cc(-c4ccccc4)cc(n3)NC3C=CC=CN3N2C=C1. The van der Waals surface area contributed by atoms with Crippen LogP contribution in [0.15, 0.2) is 169 Å². The maximum absolute atomic E-state index is 5.23. The lowest BCUT2D eigenvalue weighted by molar-refractivity contribution is 0.135. The molecule has 0 aliphatic carbocycles. The number of benzene rings is 3. The Bertz CT molecular complexity index is 2000. The molecule has 0 radical (unpaired) electrons. The molecule has 3 aliphatic rings. The van der Waals surface area contributed by atoms with Crippen LogP contribution in [-0.4, -0.2) is 32.0 Å². The van der Waals surface area contributed by atoms with Crippen LogP contribution >= 0.6 is 0 Å². The fourth-order valence-electron chi connectivity index (χ4n) is 5.72. The first-order valence-corrected chi connectivity index (χ1v) is 14.9. The molecule has 45 heavy (non-hydrogen) atoms. The Kier molecular flexibility index (Phi) is 6.73. The summed E-state index contributed by atoms with van der Waals surface area (Å²) in [5, 5.41) is 7.83. The zero-order valence-electron chi connectivity index (χ0n) is 24.3. The molecule has 4 bridgehead atoms. The molecule has 5 aromatic rings. The second-order valence-electron chi connectivity index (χ2n) is 10.8. The number of rotatable bonds is 3. The molecule has 0 saturated heterocycles. The molecule has 0 spiro atoms. The molecule has 7 nitrogen and oxygen atoms in total. The molecule has 3 aromatic carbocycles. The van der Waals surface area contributed by atoms with Gasteiger partial charge in [0.05, 0.1) is 0 Å². The molecule has 8 rings (SSSR count). The van der Waals surface area contributed by atoms with Crippen LogP contribution in [0.2, 0.25) is 0 Å². The number of hydrazine groups is 1. The van der Waals surface area contributed by atoms with Gasteiger partial charge in [-0.3, -0.25) is 9.91 Å². The molecule has 1 atom stereocenters. The number of aliphatic imine (C=N–C) groups is 1. The summed E-state index contributed by atoms with van der Waals surface area (Å²) in [5.74, 6) is 3.51. The summed E-state index contributed by atoms with van der Waals surface area (Å²) >= 11 is 0. The van der Waals surface area contributed by atoms with Crippen molar-refractivity contribution in [2.45, 2.75) is 6.17 Å². The Morgan fingerprint density at radius 3 is 1.96 bits per heavy atom. The number of nitrogens with one attached hydrogen (secondary N) is 1. The highest BCUT2D eigenvalue weighted by Gasteiger charge is 2.26. The highest BCUT2D eigenvalue weighted by molar-refractivity contribution is 5.96. The number of anilines is 4. The number of pyridine rings is 2. The number of amidine groups is 1. The molecule has 1 unspecified atom stereocenters. The summed E-state index contributed by atoms with van der Waals surface area (Å²) in [4.78, 5) is 17.7. The van der Waals surface area contributed by atoms with E-state index in [9.17, 15) is 0 Å². The first-order chi connectivity index (χ1) is 22.3. The van der Waals surface area contributed by atoms with Gasteiger partial charge in [-0.2, -0.15) is 0 Å². The number of hydrogen-bond acceptors (Lipinski definition) is 7. The Balaban J connectivity index is 1.42. The van der Waals surface area contributed by atoms with Crippen molar-refractivity contribution in [3.8, 4) is 22.3 Å². The Labute approximate surface area is 262 Å². The summed E-state index contributed by atoms with van der Waals surface area (Å²) in [5.41, 5.74) is 5.16. The van der Waals surface area contributed by atoms with Crippen molar-refractivity contribution in [3.05, 3.63) is 164 Å². The standard InChI is InChI=1S/C38H29N7/c1-4-14-28(15-5-1)30-24-33-39-35-20-10-12-22-43(35)44-23-13-11-21-36(44)40-34-25-31(29-16-6-2-7-17-29)27-38(42-34)45(37(26-30)41-33)32-18-8-3-9-19-32/h1-27,35H,(H,39,41)/b40-36-. The van der Waals surface area contributed by atoms with Gasteiger partial charge in [0.25, 0.3) is 0 Å². The van der Waals surface area contributed by atoms with Gasteiger partial charge >= 0.3 is 0 Å². The van der Waals surface area contributed by atoms with Gasteiger partial charge < -0.3 is 5.32 Å². The lowest BCUT2D eigenvalue weighted by Crippen LogP contribution is -2.49. The zero-order valence-corrected chi connectivity index (χ0v) is 24.3. The highest BCUT2D eigenvalue weighted by atomic mass is 15.7. The van der Waals surface area contributed by atoms with E-state index in [0.717, 1.165) is 45.4 Å². The number of allylic oxidation sites excluding steroid dienone is 4. The molecule has 1 N–H and O–H groups in total. The van der Waals surface area contributed by atoms with Gasteiger partial charge in [0, 0.05) is 18.1 Å². The van der Waals surface area contributed by atoms with Crippen molar-refractivity contribution in [3.63, 3.8) is 0 Å². The molecule has 2 aromatic heterocycles. The van der Waals surface area contributed by atoms with Gasteiger partial charge in [-0.05, 0) is 83.0 Å². The Hall–Kier alpha value is -6.21. The van der Waals surface area contributed by atoms with Crippen LogP contribution in [0.25, 0.3) is 22.3 Å². The number of aromatic nitrogens is 2. The summed E-state index contributed by atoms with van der Waals surface area (Å²) in [6.07, 6.45) is 16.0. The third kappa shape index (κ3) is 5.28. The van der Waals surface area contributed by atoms with E-state index in [2.05, 4.69) is 88.0 Å². The van der Waals surface area contributed by atoms with Gasteiger partial charge in [-0.15, -0.1) is 0 Å². The number of para-hydroxylation sites is 1. The summed E-state index contributed by atoms with van der Waals surface area (Å²) < 4.78 is 0. The van der Waals surface area contributed by atoms with E-state index >= 15 is 0 Å². The van der Waals surface area contributed by atoms with Crippen LogP contribution in [0.4, 0.5) is 29.0 Å². The first-order valence-electron chi connectivity index (χ1n) is 14.9. The van der Waals surface area contributed by atoms with E-state index in [-0.39, 0.29) is 6.17 Å². The van der Waals surface area contributed by atoms with Gasteiger partial charge in [-0.25, -0.2) is 20.0 Å². The average Bonchev–Trinajstić information content (AvgIpc) is 3.10. The Morgan fingerprint density at radius 1 is 0.578 bits per heavy atom. The fraction of sp³-hybridized carbons (Fsp3) is 0.0263. The largest absolute Gasteiger partial charge is 0.345 e. The molecule has 0 fully saturated rings. The third-order valence-electron chi connectivity index (χ3n) is 7.82. The van der Waals surface area contributed by atoms with E-state index in [1.54, 1.807) is 0 Å². The smallest absolute Gasteiger partial charge is 0.157 e. The van der Waals surface area contributed by atoms with Crippen molar-refractivity contribution in [1.29, 1.82) is 0 Å². The normalized spacial score (nSPS) is 17.6. The van der Waals surface area contributed by atoms with Gasteiger partial charge in [0.15, 0.2) is 11.7 Å². The van der Waals surface area contributed by atoms with Crippen LogP contribution in [-0.2, 0) is 0 Å². The number of fused-ring (bicyclic) bond motifs is 7. The average molecular weight is 584 g/mol. The molecule has 0 saturated carbocycles. The van der Waals surface area contributed by atoms with Crippen molar-refractivity contribution >= 4 is 34.8 Å². The van der Waals surface area contributed by atoms with E-state index < -0.39 is 0 Å². The van der Waals surface area contributed by atoms with E-state index in [1.165, 1.54) is 0 Å². The predicted octanol–water partition coefficient (Wildman–Crippen LogP) is 8.75. The fourth-order valence-corrected chi connectivity index (χ4v) is 5.72. The molecular weight excluding hydrogens is 554 g/mol. The van der Waals surface area contributed by atoms with E-state index in [0.29, 0.717) is 11.6 Å². The number of hydrogen-bond donors (Lipinski definition) is 1.